The zero-order valence-electron chi connectivity index (χ0n) is 18.6. The first-order valence-corrected chi connectivity index (χ1v) is 12.6. The van der Waals surface area contributed by atoms with E-state index in [-0.39, 0.29) is 15.5 Å². The summed E-state index contributed by atoms with van der Waals surface area (Å²) in [5, 5.41) is 6.62. The molecule has 0 saturated carbocycles. The monoisotopic (exact) mass is 490 g/mol. The molecule has 0 fully saturated rings. The number of rotatable bonds is 11. The molecule has 3 aromatic rings. The molecule has 0 aliphatic heterocycles. The van der Waals surface area contributed by atoms with Gasteiger partial charge in [0.1, 0.15) is 0 Å². The Hall–Kier alpha value is -2.91. The SMILES string of the molecule is CCCCc1ccc(NS(=O)(=O)c2ccc(Cl)c(C(=O)NCCCc3nc(C)no3)c2)cc1. The van der Waals surface area contributed by atoms with Crippen molar-refractivity contribution in [2.45, 2.75) is 50.8 Å². The first kappa shape index (κ1) is 24.7. The summed E-state index contributed by atoms with van der Waals surface area (Å²) in [5.41, 5.74) is 1.69. The minimum absolute atomic E-state index is 0.0477. The Labute approximate surface area is 198 Å². The predicted octanol–water partition coefficient (Wildman–Crippen LogP) is 4.54. The minimum atomic E-state index is -3.89. The van der Waals surface area contributed by atoms with Crippen LogP contribution in [0.25, 0.3) is 0 Å². The van der Waals surface area contributed by atoms with Gasteiger partial charge in [0.15, 0.2) is 5.82 Å². The van der Waals surface area contributed by atoms with Gasteiger partial charge in [-0.1, -0.05) is 42.2 Å². The Morgan fingerprint density at radius 1 is 1.09 bits per heavy atom. The normalized spacial score (nSPS) is 11.4. The molecule has 8 nitrogen and oxygen atoms in total. The largest absolute Gasteiger partial charge is 0.352 e. The van der Waals surface area contributed by atoms with E-state index in [4.69, 9.17) is 16.1 Å². The van der Waals surface area contributed by atoms with E-state index in [1.54, 1.807) is 19.1 Å². The third-order valence-corrected chi connectivity index (χ3v) is 6.65. The van der Waals surface area contributed by atoms with Gasteiger partial charge in [0.05, 0.1) is 15.5 Å². The van der Waals surface area contributed by atoms with Crippen LogP contribution in [0.5, 0.6) is 0 Å². The lowest BCUT2D eigenvalue weighted by atomic mass is 10.1. The molecule has 1 aromatic heterocycles. The van der Waals surface area contributed by atoms with Crippen molar-refractivity contribution in [1.29, 1.82) is 0 Å². The van der Waals surface area contributed by atoms with E-state index in [9.17, 15) is 13.2 Å². The second-order valence-electron chi connectivity index (χ2n) is 7.64. The molecule has 176 valence electrons. The molecule has 3 rings (SSSR count). The van der Waals surface area contributed by atoms with Crippen LogP contribution in [-0.4, -0.2) is 31.0 Å². The molecule has 0 aliphatic rings. The topological polar surface area (TPSA) is 114 Å². The first-order valence-electron chi connectivity index (χ1n) is 10.8. The molecule has 0 saturated heterocycles. The number of aromatic nitrogens is 2. The van der Waals surface area contributed by atoms with Crippen LogP contribution in [0.2, 0.25) is 5.02 Å². The maximum Gasteiger partial charge on any atom is 0.261 e. The third-order valence-electron chi connectivity index (χ3n) is 4.94. The third kappa shape index (κ3) is 7.03. The fraction of sp³-hybridized carbons (Fsp3) is 0.348. The zero-order valence-corrected chi connectivity index (χ0v) is 20.2. The average molecular weight is 491 g/mol. The molecular weight excluding hydrogens is 464 g/mol. The average Bonchev–Trinajstić information content (AvgIpc) is 3.21. The standard InChI is InChI=1S/C23H27ClN4O4S/c1-3-4-6-17-8-10-18(11-9-17)28-33(30,31)19-12-13-21(24)20(15-19)23(29)25-14-5-7-22-26-16(2)27-32-22/h8-13,15,28H,3-7,14H2,1-2H3,(H,25,29). The summed E-state index contributed by atoms with van der Waals surface area (Å²) in [6, 6.07) is 11.3. The number of hydrogen-bond acceptors (Lipinski definition) is 6. The molecule has 0 unspecified atom stereocenters. The number of nitrogens with zero attached hydrogens (tertiary/aromatic N) is 2. The Morgan fingerprint density at radius 2 is 1.85 bits per heavy atom. The summed E-state index contributed by atoms with van der Waals surface area (Å²) in [4.78, 5) is 16.6. The maximum atomic E-state index is 12.9. The number of anilines is 1. The second kappa shape index (κ2) is 11.3. The highest BCUT2D eigenvalue weighted by Gasteiger charge is 2.19. The van der Waals surface area contributed by atoms with Crippen molar-refractivity contribution in [1.82, 2.24) is 15.5 Å². The number of amides is 1. The molecule has 0 aliphatic carbocycles. The summed E-state index contributed by atoms with van der Waals surface area (Å²) in [5.74, 6) is 0.594. The molecule has 33 heavy (non-hydrogen) atoms. The number of nitrogens with one attached hydrogen (secondary N) is 2. The van der Waals surface area contributed by atoms with Crippen molar-refractivity contribution >= 4 is 33.2 Å². The summed E-state index contributed by atoms with van der Waals surface area (Å²) < 4.78 is 33.3. The van der Waals surface area contributed by atoms with E-state index < -0.39 is 15.9 Å². The van der Waals surface area contributed by atoms with Crippen molar-refractivity contribution in [3.8, 4) is 0 Å². The fourth-order valence-electron chi connectivity index (χ4n) is 3.16. The van der Waals surface area contributed by atoms with Gasteiger partial charge in [-0.05, 0) is 62.1 Å². The Balaban J connectivity index is 1.63. The predicted molar refractivity (Wildman–Crippen MR) is 127 cm³/mol. The van der Waals surface area contributed by atoms with Crippen LogP contribution in [-0.2, 0) is 22.9 Å². The van der Waals surface area contributed by atoms with Crippen molar-refractivity contribution in [2.75, 3.05) is 11.3 Å². The molecule has 10 heteroatoms. The summed E-state index contributed by atoms with van der Waals surface area (Å²) >= 11 is 6.16. The van der Waals surface area contributed by atoms with Crippen molar-refractivity contribution in [2.24, 2.45) is 0 Å². The Kier molecular flexibility index (Phi) is 8.46. The second-order valence-corrected chi connectivity index (χ2v) is 9.73. The molecular formula is C23H27ClN4O4S. The number of unbranched alkanes of at least 4 members (excludes halogenated alkanes) is 1. The lowest BCUT2D eigenvalue weighted by Gasteiger charge is -2.11. The Bertz CT molecular complexity index is 1190. The lowest BCUT2D eigenvalue weighted by Crippen LogP contribution is -2.25. The van der Waals surface area contributed by atoms with Gasteiger partial charge < -0.3 is 9.84 Å². The summed E-state index contributed by atoms with van der Waals surface area (Å²) in [7, 11) is -3.89. The van der Waals surface area contributed by atoms with Gasteiger partial charge in [0.25, 0.3) is 15.9 Å². The van der Waals surface area contributed by atoms with Crippen molar-refractivity contribution < 1.29 is 17.7 Å². The quantitative estimate of drug-likeness (QED) is 0.381. The van der Waals surface area contributed by atoms with E-state index in [0.717, 1.165) is 24.8 Å². The number of sulfonamides is 1. The van der Waals surface area contributed by atoms with Crippen LogP contribution in [0, 0.1) is 6.92 Å². The van der Waals surface area contributed by atoms with Crippen LogP contribution >= 0.6 is 11.6 Å². The van der Waals surface area contributed by atoms with Crippen LogP contribution in [0.15, 0.2) is 51.9 Å². The van der Waals surface area contributed by atoms with Gasteiger partial charge in [-0.3, -0.25) is 9.52 Å². The van der Waals surface area contributed by atoms with Crippen LogP contribution in [0.1, 0.15) is 53.8 Å². The van der Waals surface area contributed by atoms with E-state index in [1.807, 2.05) is 12.1 Å². The number of carbonyl (C=O) groups excluding carboxylic acids is 1. The first-order chi connectivity index (χ1) is 15.8. The van der Waals surface area contributed by atoms with E-state index >= 15 is 0 Å². The molecule has 0 atom stereocenters. The van der Waals surface area contributed by atoms with Crippen molar-refractivity contribution in [3.63, 3.8) is 0 Å². The maximum absolute atomic E-state index is 12.9. The fourth-order valence-corrected chi connectivity index (χ4v) is 4.45. The minimum Gasteiger partial charge on any atom is -0.352 e. The number of benzene rings is 2. The molecule has 1 amide bonds. The molecule has 0 radical (unpaired) electrons. The highest BCUT2D eigenvalue weighted by Crippen LogP contribution is 2.23. The van der Waals surface area contributed by atoms with Crippen LogP contribution in [0.3, 0.4) is 0 Å². The number of hydrogen-bond donors (Lipinski definition) is 2. The zero-order chi connectivity index (χ0) is 23.8. The van der Waals surface area contributed by atoms with Crippen LogP contribution in [0.4, 0.5) is 5.69 Å². The highest BCUT2D eigenvalue weighted by atomic mass is 35.5. The highest BCUT2D eigenvalue weighted by molar-refractivity contribution is 7.92. The molecule has 0 spiro atoms. The molecule has 2 N–H and O–H groups in total. The smallest absolute Gasteiger partial charge is 0.261 e. The molecule has 2 aromatic carbocycles. The Morgan fingerprint density at radius 3 is 2.52 bits per heavy atom. The molecule has 1 heterocycles. The van der Waals surface area contributed by atoms with Gasteiger partial charge in [0.2, 0.25) is 5.89 Å². The summed E-state index contributed by atoms with van der Waals surface area (Å²) in [6.45, 7) is 4.20. The van der Waals surface area contributed by atoms with Gasteiger partial charge in [0, 0.05) is 18.7 Å². The van der Waals surface area contributed by atoms with Crippen LogP contribution < -0.4 is 10.0 Å². The van der Waals surface area contributed by atoms with Gasteiger partial charge in [-0.2, -0.15) is 4.98 Å². The summed E-state index contributed by atoms with van der Waals surface area (Å²) in [6.07, 6.45) is 4.23. The van der Waals surface area contributed by atoms with E-state index in [2.05, 4.69) is 27.1 Å². The van der Waals surface area contributed by atoms with Gasteiger partial charge in [-0.15, -0.1) is 0 Å². The lowest BCUT2D eigenvalue weighted by molar-refractivity contribution is 0.0953. The number of aryl methyl sites for hydroxylation is 3. The van der Waals surface area contributed by atoms with Gasteiger partial charge in [-0.25, -0.2) is 8.42 Å². The van der Waals surface area contributed by atoms with Gasteiger partial charge >= 0.3 is 0 Å². The van der Waals surface area contributed by atoms with E-state index in [1.165, 1.54) is 18.2 Å². The molecule has 0 bridgehead atoms. The number of carbonyl (C=O) groups is 1. The van der Waals surface area contributed by atoms with E-state index in [0.29, 0.717) is 36.8 Å². The number of halogens is 1. The van der Waals surface area contributed by atoms with Crippen molar-refractivity contribution in [3.05, 3.63) is 70.3 Å².